The SMILES string of the molecule is CS(=O)(=O)c1ccc(OCCNC(=O)C2CCCCN2)cc1. The average Bonchev–Trinajstić information content (AvgIpc) is 2.52. The van der Waals surface area contributed by atoms with Crippen LogP contribution < -0.4 is 15.4 Å². The van der Waals surface area contributed by atoms with Crippen LogP contribution in [0, 0.1) is 0 Å². The lowest BCUT2D eigenvalue weighted by Gasteiger charge is -2.22. The minimum atomic E-state index is -3.19. The molecule has 0 spiro atoms. The van der Waals surface area contributed by atoms with E-state index in [1.54, 1.807) is 12.1 Å². The van der Waals surface area contributed by atoms with Gasteiger partial charge in [-0.2, -0.15) is 0 Å². The molecule has 1 saturated heterocycles. The number of hydrogen-bond acceptors (Lipinski definition) is 5. The summed E-state index contributed by atoms with van der Waals surface area (Å²) in [6.07, 6.45) is 4.24. The van der Waals surface area contributed by atoms with E-state index in [-0.39, 0.29) is 16.8 Å². The number of benzene rings is 1. The largest absolute Gasteiger partial charge is 0.492 e. The second-order valence-electron chi connectivity index (χ2n) is 5.39. The summed E-state index contributed by atoms with van der Waals surface area (Å²) in [5.41, 5.74) is 0. The van der Waals surface area contributed by atoms with Crippen LogP contribution in [-0.4, -0.2) is 46.3 Å². The van der Waals surface area contributed by atoms with Crippen molar-refractivity contribution in [2.75, 3.05) is 26.0 Å². The summed E-state index contributed by atoms with van der Waals surface area (Å²) in [5.74, 6) is 0.591. The number of carbonyl (C=O) groups is 1. The second kappa shape index (κ2) is 7.60. The maximum absolute atomic E-state index is 11.9. The molecule has 7 heteroatoms. The van der Waals surface area contributed by atoms with Crippen LogP contribution in [-0.2, 0) is 14.6 Å². The highest BCUT2D eigenvalue weighted by atomic mass is 32.2. The van der Waals surface area contributed by atoms with Gasteiger partial charge in [-0.05, 0) is 43.7 Å². The molecule has 1 heterocycles. The summed E-state index contributed by atoms with van der Waals surface area (Å²) < 4.78 is 28.2. The van der Waals surface area contributed by atoms with Gasteiger partial charge in [0.05, 0.1) is 17.5 Å². The molecule has 1 unspecified atom stereocenters. The summed E-state index contributed by atoms with van der Waals surface area (Å²) in [5, 5.41) is 6.02. The van der Waals surface area contributed by atoms with Gasteiger partial charge >= 0.3 is 0 Å². The lowest BCUT2D eigenvalue weighted by molar-refractivity contribution is -0.123. The minimum absolute atomic E-state index is 0.00993. The molecule has 0 radical (unpaired) electrons. The molecular formula is C15H22N2O4S. The molecule has 6 nitrogen and oxygen atoms in total. The molecule has 0 bridgehead atoms. The van der Waals surface area contributed by atoms with Crippen molar-refractivity contribution in [2.45, 2.75) is 30.2 Å². The van der Waals surface area contributed by atoms with Crippen molar-refractivity contribution in [1.82, 2.24) is 10.6 Å². The zero-order valence-electron chi connectivity index (χ0n) is 12.7. The van der Waals surface area contributed by atoms with Crippen molar-refractivity contribution < 1.29 is 17.9 Å². The molecule has 1 aliphatic rings. The zero-order valence-corrected chi connectivity index (χ0v) is 13.5. The van der Waals surface area contributed by atoms with E-state index < -0.39 is 9.84 Å². The predicted molar refractivity (Wildman–Crippen MR) is 83.7 cm³/mol. The molecule has 0 aromatic heterocycles. The van der Waals surface area contributed by atoms with E-state index in [4.69, 9.17) is 4.74 Å². The second-order valence-corrected chi connectivity index (χ2v) is 7.40. The smallest absolute Gasteiger partial charge is 0.237 e. The van der Waals surface area contributed by atoms with Crippen molar-refractivity contribution in [1.29, 1.82) is 0 Å². The van der Waals surface area contributed by atoms with Crippen LogP contribution in [0.3, 0.4) is 0 Å². The molecule has 1 aromatic rings. The highest BCUT2D eigenvalue weighted by molar-refractivity contribution is 7.90. The predicted octanol–water partition coefficient (Wildman–Crippen LogP) is 0.727. The maximum Gasteiger partial charge on any atom is 0.237 e. The first kappa shape index (κ1) is 16.8. The fraction of sp³-hybridized carbons (Fsp3) is 0.533. The summed E-state index contributed by atoms with van der Waals surface area (Å²) in [6, 6.07) is 6.15. The Bertz CT molecular complexity index is 592. The van der Waals surface area contributed by atoms with Crippen molar-refractivity contribution in [3.63, 3.8) is 0 Å². The third-order valence-corrected chi connectivity index (χ3v) is 4.68. The van der Waals surface area contributed by atoms with Crippen molar-refractivity contribution in [3.05, 3.63) is 24.3 Å². The number of nitrogens with one attached hydrogen (secondary N) is 2. The van der Waals surface area contributed by atoms with Gasteiger partial charge in [-0.25, -0.2) is 8.42 Å². The van der Waals surface area contributed by atoms with Crippen LogP contribution in [0.4, 0.5) is 0 Å². The third-order valence-electron chi connectivity index (χ3n) is 3.55. The highest BCUT2D eigenvalue weighted by Crippen LogP contribution is 2.15. The number of hydrogen-bond donors (Lipinski definition) is 2. The molecule has 1 atom stereocenters. The molecule has 1 aromatic carbocycles. The summed E-state index contributed by atoms with van der Waals surface area (Å²) >= 11 is 0. The standard InChI is InChI=1S/C15H22N2O4S/c1-22(19,20)13-7-5-12(6-8-13)21-11-10-17-15(18)14-4-2-3-9-16-14/h5-8,14,16H,2-4,9-11H2,1H3,(H,17,18). The Morgan fingerprint density at radius 1 is 1.32 bits per heavy atom. The number of rotatable bonds is 6. The molecule has 1 fully saturated rings. The fourth-order valence-corrected chi connectivity index (χ4v) is 2.96. The summed E-state index contributed by atoms with van der Waals surface area (Å²) in [6.45, 7) is 1.66. The van der Waals surface area contributed by atoms with Crippen LogP contribution in [0.2, 0.25) is 0 Å². The zero-order chi connectivity index (χ0) is 16.0. The van der Waals surface area contributed by atoms with Gasteiger partial charge in [0.1, 0.15) is 12.4 Å². The van der Waals surface area contributed by atoms with E-state index in [0.717, 1.165) is 32.1 Å². The number of amides is 1. The Kier molecular flexibility index (Phi) is 5.79. The molecule has 0 aliphatic carbocycles. The van der Waals surface area contributed by atoms with Crippen molar-refractivity contribution in [3.8, 4) is 5.75 Å². The van der Waals surface area contributed by atoms with Crippen LogP contribution in [0.15, 0.2) is 29.2 Å². The van der Waals surface area contributed by atoms with Gasteiger partial charge < -0.3 is 15.4 Å². The average molecular weight is 326 g/mol. The number of carbonyl (C=O) groups excluding carboxylic acids is 1. The van der Waals surface area contributed by atoms with E-state index in [2.05, 4.69) is 10.6 Å². The first-order chi connectivity index (χ1) is 10.5. The minimum Gasteiger partial charge on any atom is -0.492 e. The van der Waals surface area contributed by atoms with Gasteiger partial charge in [-0.3, -0.25) is 4.79 Å². The van der Waals surface area contributed by atoms with E-state index in [9.17, 15) is 13.2 Å². The Balaban J connectivity index is 1.71. The van der Waals surface area contributed by atoms with E-state index in [1.807, 2.05) is 0 Å². The molecular weight excluding hydrogens is 304 g/mol. The van der Waals surface area contributed by atoms with E-state index >= 15 is 0 Å². The quantitative estimate of drug-likeness (QED) is 0.753. The van der Waals surface area contributed by atoms with Gasteiger partial charge in [0.25, 0.3) is 0 Å². The van der Waals surface area contributed by atoms with Crippen molar-refractivity contribution >= 4 is 15.7 Å². The van der Waals surface area contributed by atoms with E-state index in [0.29, 0.717) is 18.9 Å². The lowest BCUT2D eigenvalue weighted by atomic mass is 10.0. The highest BCUT2D eigenvalue weighted by Gasteiger charge is 2.19. The molecule has 122 valence electrons. The summed E-state index contributed by atoms with van der Waals surface area (Å²) in [4.78, 5) is 12.1. The number of ether oxygens (including phenoxy) is 1. The van der Waals surface area contributed by atoms with Gasteiger partial charge in [-0.15, -0.1) is 0 Å². The summed E-state index contributed by atoms with van der Waals surface area (Å²) in [7, 11) is -3.19. The Morgan fingerprint density at radius 3 is 2.64 bits per heavy atom. The normalized spacial score (nSPS) is 18.7. The molecule has 1 aliphatic heterocycles. The molecule has 2 rings (SSSR count). The van der Waals surface area contributed by atoms with Crippen molar-refractivity contribution in [2.24, 2.45) is 0 Å². The molecule has 1 amide bonds. The maximum atomic E-state index is 11.9. The number of piperidine rings is 1. The first-order valence-electron chi connectivity index (χ1n) is 7.41. The molecule has 0 saturated carbocycles. The number of sulfone groups is 1. The Labute approximate surface area is 131 Å². The van der Waals surface area contributed by atoms with Crippen LogP contribution in [0.5, 0.6) is 5.75 Å². The van der Waals surface area contributed by atoms with Crippen LogP contribution in [0.25, 0.3) is 0 Å². The third kappa shape index (κ3) is 4.99. The van der Waals surface area contributed by atoms with E-state index in [1.165, 1.54) is 12.1 Å². The van der Waals surface area contributed by atoms with Crippen LogP contribution >= 0.6 is 0 Å². The molecule has 2 N–H and O–H groups in total. The van der Waals surface area contributed by atoms with Gasteiger partial charge in [0.15, 0.2) is 9.84 Å². The Hall–Kier alpha value is -1.60. The monoisotopic (exact) mass is 326 g/mol. The lowest BCUT2D eigenvalue weighted by Crippen LogP contribution is -2.47. The van der Waals surface area contributed by atoms with Gasteiger partial charge in [-0.1, -0.05) is 6.42 Å². The van der Waals surface area contributed by atoms with Gasteiger partial charge in [0.2, 0.25) is 5.91 Å². The Morgan fingerprint density at radius 2 is 2.05 bits per heavy atom. The van der Waals surface area contributed by atoms with Gasteiger partial charge in [0, 0.05) is 6.26 Å². The topological polar surface area (TPSA) is 84.5 Å². The molecule has 22 heavy (non-hydrogen) atoms. The fourth-order valence-electron chi connectivity index (χ4n) is 2.32. The van der Waals surface area contributed by atoms with Crippen LogP contribution in [0.1, 0.15) is 19.3 Å². The first-order valence-corrected chi connectivity index (χ1v) is 9.30.